The highest BCUT2D eigenvalue weighted by atomic mass is 16.3. The zero-order valence-corrected chi connectivity index (χ0v) is 9.66. The predicted octanol–water partition coefficient (Wildman–Crippen LogP) is 3.86. The summed E-state index contributed by atoms with van der Waals surface area (Å²) >= 11 is 0. The Labute approximate surface area is 92.1 Å². The van der Waals surface area contributed by atoms with Gasteiger partial charge in [-0.2, -0.15) is 0 Å². The second kappa shape index (κ2) is 4.26. The molecule has 0 saturated heterocycles. The number of benzene rings is 1. The lowest BCUT2D eigenvalue weighted by Gasteiger charge is -2.10. The number of phenolic OH excluding ortho intramolecular Hbond substituents is 1. The minimum atomic E-state index is 0.408. The molecule has 0 amide bonds. The molecule has 0 unspecified atom stereocenters. The van der Waals surface area contributed by atoms with Crippen molar-refractivity contribution < 1.29 is 5.11 Å². The van der Waals surface area contributed by atoms with Crippen molar-refractivity contribution in [1.29, 1.82) is 0 Å². The molecule has 1 aromatic rings. The molecule has 1 nitrogen and oxygen atoms in total. The molecule has 1 aliphatic carbocycles. The van der Waals surface area contributed by atoms with E-state index in [1.165, 1.54) is 31.2 Å². The molecule has 1 heteroatoms. The third-order valence-corrected chi connectivity index (χ3v) is 3.25. The van der Waals surface area contributed by atoms with E-state index in [0.717, 1.165) is 11.5 Å². The molecule has 1 saturated carbocycles. The van der Waals surface area contributed by atoms with Gasteiger partial charge in [-0.15, -0.1) is 0 Å². The summed E-state index contributed by atoms with van der Waals surface area (Å²) in [6.45, 7) is 4.25. The molecule has 0 heterocycles. The zero-order chi connectivity index (χ0) is 10.8. The lowest BCUT2D eigenvalue weighted by molar-refractivity contribution is 0.464. The van der Waals surface area contributed by atoms with E-state index in [1.54, 1.807) is 0 Å². The van der Waals surface area contributed by atoms with Gasteiger partial charge in [0.25, 0.3) is 0 Å². The molecule has 0 spiro atoms. The van der Waals surface area contributed by atoms with Crippen LogP contribution in [0, 0.1) is 5.92 Å². The normalized spacial score (nSPS) is 15.9. The van der Waals surface area contributed by atoms with Crippen LogP contribution in [-0.4, -0.2) is 5.11 Å². The molecule has 1 N–H and O–H groups in total. The number of aromatic hydroxyl groups is 1. The van der Waals surface area contributed by atoms with Gasteiger partial charge in [0.15, 0.2) is 0 Å². The standard InChI is InChI=1S/C14H20O/c1-10(2)13-9-12(7-8-14(13)15)6-5-11-3-4-11/h7-11,15H,3-6H2,1-2H3. The quantitative estimate of drug-likeness (QED) is 0.789. The molecule has 0 atom stereocenters. The van der Waals surface area contributed by atoms with Crippen LogP contribution < -0.4 is 0 Å². The molecule has 2 rings (SSSR count). The first-order valence-corrected chi connectivity index (χ1v) is 5.98. The van der Waals surface area contributed by atoms with Gasteiger partial charge in [0.2, 0.25) is 0 Å². The monoisotopic (exact) mass is 204 g/mol. The van der Waals surface area contributed by atoms with Gasteiger partial charge in [0, 0.05) is 0 Å². The van der Waals surface area contributed by atoms with Crippen LogP contribution >= 0.6 is 0 Å². The Kier molecular flexibility index (Phi) is 2.99. The first-order valence-electron chi connectivity index (χ1n) is 5.98. The maximum absolute atomic E-state index is 9.70. The molecule has 0 aromatic heterocycles. The summed E-state index contributed by atoms with van der Waals surface area (Å²) in [5, 5.41) is 9.70. The number of hydrogen-bond acceptors (Lipinski definition) is 1. The first kappa shape index (κ1) is 10.5. The van der Waals surface area contributed by atoms with Crippen molar-refractivity contribution in [3.8, 4) is 5.75 Å². The van der Waals surface area contributed by atoms with E-state index in [1.807, 2.05) is 6.07 Å². The minimum absolute atomic E-state index is 0.408. The first-order chi connectivity index (χ1) is 7.16. The second-order valence-electron chi connectivity index (χ2n) is 5.03. The molecule has 82 valence electrons. The van der Waals surface area contributed by atoms with Crippen molar-refractivity contribution in [2.24, 2.45) is 5.92 Å². The fraction of sp³-hybridized carbons (Fsp3) is 0.571. The third-order valence-electron chi connectivity index (χ3n) is 3.25. The average Bonchev–Trinajstić information content (AvgIpc) is 3.00. The van der Waals surface area contributed by atoms with E-state index < -0.39 is 0 Å². The van der Waals surface area contributed by atoms with Gasteiger partial charge in [-0.25, -0.2) is 0 Å². The van der Waals surface area contributed by atoms with E-state index in [2.05, 4.69) is 26.0 Å². The molecule has 1 fully saturated rings. The fourth-order valence-corrected chi connectivity index (χ4v) is 2.00. The van der Waals surface area contributed by atoms with Crippen LogP contribution in [0.1, 0.15) is 50.2 Å². The average molecular weight is 204 g/mol. The summed E-state index contributed by atoms with van der Waals surface area (Å²) in [5.41, 5.74) is 2.46. The highest BCUT2D eigenvalue weighted by Crippen LogP contribution is 2.34. The molecule has 0 aliphatic heterocycles. The van der Waals surface area contributed by atoms with E-state index in [9.17, 15) is 5.11 Å². The van der Waals surface area contributed by atoms with Gasteiger partial charge >= 0.3 is 0 Å². The van der Waals surface area contributed by atoms with E-state index in [-0.39, 0.29) is 0 Å². The maximum atomic E-state index is 9.70. The van der Waals surface area contributed by atoms with Crippen LogP contribution in [0.2, 0.25) is 0 Å². The maximum Gasteiger partial charge on any atom is 0.119 e. The molecular weight excluding hydrogens is 184 g/mol. The van der Waals surface area contributed by atoms with E-state index >= 15 is 0 Å². The van der Waals surface area contributed by atoms with E-state index in [4.69, 9.17) is 0 Å². The van der Waals surface area contributed by atoms with Crippen molar-refractivity contribution in [3.63, 3.8) is 0 Å². The predicted molar refractivity (Wildman–Crippen MR) is 63.2 cm³/mol. The molecule has 15 heavy (non-hydrogen) atoms. The molecule has 1 aromatic carbocycles. The highest BCUT2D eigenvalue weighted by Gasteiger charge is 2.20. The second-order valence-corrected chi connectivity index (χ2v) is 5.03. The van der Waals surface area contributed by atoms with Crippen molar-refractivity contribution >= 4 is 0 Å². The van der Waals surface area contributed by atoms with E-state index in [0.29, 0.717) is 11.7 Å². The number of hydrogen-bond donors (Lipinski definition) is 1. The topological polar surface area (TPSA) is 20.2 Å². The summed E-state index contributed by atoms with van der Waals surface area (Å²) in [6.07, 6.45) is 5.34. The zero-order valence-electron chi connectivity index (χ0n) is 9.66. The SMILES string of the molecule is CC(C)c1cc(CCC2CC2)ccc1O. The van der Waals surface area contributed by atoms with Gasteiger partial charge in [-0.05, 0) is 41.9 Å². The Morgan fingerprint density at radius 3 is 2.67 bits per heavy atom. The minimum Gasteiger partial charge on any atom is -0.508 e. The van der Waals surface area contributed by atoms with Crippen molar-refractivity contribution in [2.75, 3.05) is 0 Å². The van der Waals surface area contributed by atoms with Gasteiger partial charge in [0.05, 0.1) is 0 Å². The Morgan fingerprint density at radius 1 is 1.33 bits per heavy atom. The Morgan fingerprint density at radius 2 is 2.07 bits per heavy atom. The number of rotatable bonds is 4. The lowest BCUT2D eigenvalue weighted by Crippen LogP contribution is -1.93. The van der Waals surface area contributed by atoms with Crippen LogP contribution in [0.3, 0.4) is 0 Å². The Bertz CT molecular complexity index is 337. The van der Waals surface area contributed by atoms with Crippen LogP contribution in [0.4, 0.5) is 0 Å². The van der Waals surface area contributed by atoms with Crippen LogP contribution in [-0.2, 0) is 6.42 Å². The van der Waals surface area contributed by atoms with Crippen LogP contribution in [0.5, 0.6) is 5.75 Å². The van der Waals surface area contributed by atoms with Gasteiger partial charge in [0.1, 0.15) is 5.75 Å². The van der Waals surface area contributed by atoms with Crippen molar-refractivity contribution in [1.82, 2.24) is 0 Å². The highest BCUT2D eigenvalue weighted by molar-refractivity contribution is 5.38. The fourth-order valence-electron chi connectivity index (χ4n) is 2.00. The van der Waals surface area contributed by atoms with Crippen molar-refractivity contribution in [3.05, 3.63) is 29.3 Å². The summed E-state index contributed by atoms with van der Waals surface area (Å²) in [6, 6.07) is 6.07. The van der Waals surface area contributed by atoms with Crippen LogP contribution in [0.25, 0.3) is 0 Å². The largest absolute Gasteiger partial charge is 0.508 e. The Hall–Kier alpha value is -0.980. The van der Waals surface area contributed by atoms with Gasteiger partial charge in [-0.3, -0.25) is 0 Å². The third kappa shape index (κ3) is 2.74. The van der Waals surface area contributed by atoms with Crippen molar-refractivity contribution in [2.45, 2.75) is 45.4 Å². The molecule has 1 aliphatic rings. The lowest BCUT2D eigenvalue weighted by atomic mass is 9.97. The molecule has 0 radical (unpaired) electrons. The van der Waals surface area contributed by atoms with Gasteiger partial charge < -0.3 is 5.11 Å². The number of aryl methyl sites for hydroxylation is 1. The number of phenols is 1. The van der Waals surface area contributed by atoms with Crippen LogP contribution in [0.15, 0.2) is 18.2 Å². The molecular formula is C14H20O. The summed E-state index contributed by atoms with van der Waals surface area (Å²) < 4.78 is 0. The smallest absolute Gasteiger partial charge is 0.119 e. The Balaban J connectivity index is 2.06. The molecule has 0 bridgehead atoms. The van der Waals surface area contributed by atoms with Gasteiger partial charge in [-0.1, -0.05) is 38.8 Å². The summed E-state index contributed by atoms with van der Waals surface area (Å²) in [4.78, 5) is 0. The summed E-state index contributed by atoms with van der Waals surface area (Å²) in [5.74, 6) is 1.84. The summed E-state index contributed by atoms with van der Waals surface area (Å²) in [7, 11) is 0.